The molecule has 1 aliphatic heterocycles. The Hall–Kier alpha value is -1.40. The number of hydrogen-bond acceptors (Lipinski definition) is 5. The predicted molar refractivity (Wildman–Crippen MR) is 131 cm³/mol. The van der Waals surface area contributed by atoms with E-state index in [-0.39, 0.29) is 36.4 Å². The van der Waals surface area contributed by atoms with Crippen LogP contribution in [0.25, 0.3) is 0 Å². The Morgan fingerprint density at radius 1 is 1.20 bits per heavy atom. The van der Waals surface area contributed by atoms with Gasteiger partial charge < -0.3 is 20.3 Å². The maximum absolute atomic E-state index is 11.9. The first-order valence-electron chi connectivity index (χ1n) is 10.4. The van der Waals surface area contributed by atoms with Crippen LogP contribution < -0.4 is 10.6 Å². The molecule has 0 unspecified atom stereocenters. The van der Waals surface area contributed by atoms with Crippen LogP contribution in [0.4, 0.5) is 0 Å². The summed E-state index contributed by atoms with van der Waals surface area (Å²) in [4.78, 5) is 20.3. The summed E-state index contributed by atoms with van der Waals surface area (Å²) in [6.45, 7) is 10.3. The fourth-order valence-corrected chi connectivity index (χ4v) is 3.27. The number of hydrogen-bond donors (Lipinski definition) is 2. The Labute approximate surface area is 197 Å². The van der Waals surface area contributed by atoms with Gasteiger partial charge in [0.2, 0.25) is 5.91 Å². The van der Waals surface area contributed by atoms with Crippen LogP contribution in [0.5, 0.6) is 0 Å². The second-order valence-corrected chi connectivity index (χ2v) is 7.64. The maximum atomic E-state index is 11.9. The number of morpholine rings is 1. The Morgan fingerprint density at radius 3 is 2.47 bits per heavy atom. The number of guanidine groups is 1. The van der Waals surface area contributed by atoms with Gasteiger partial charge in [-0.25, -0.2) is 4.99 Å². The van der Waals surface area contributed by atoms with Crippen LogP contribution in [-0.4, -0.2) is 98.0 Å². The molecule has 2 N–H and O–H groups in total. The number of carbonyl (C=O) groups excluding carboxylic acids is 1. The number of nitrogens with zero attached hydrogens (tertiary/aromatic N) is 5. The summed E-state index contributed by atoms with van der Waals surface area (Å²) in [5.41, 5.74) is 3.63. The van der Waals surface area contributed by atoms with Gasteiger partial charge in [-0.15, -0.1) is 24.0 Å². The van der Waals surface area contributed by atoms with Gasteiger partial charge in [-0.2, -0.15) is 5.10 Å². The molecule has 172 valence electrons. The number of ether oxygens (including phenoxy) is 1. The molecule has 1 amide bonds. The molecule has 0 spiro atoms. The van der Waals surface area contributed by atoms with Gasteiger partial charge in [0, 0.05) is 59.6 Å². The van der Waals surface area contributed by atoms with Gasteiger partial charge in [0.05, 0.1) is 18.9 Å². The fraction of sp³-hybridized carbons (Fsp3) is 0.750. The van der Waals surface area contributed by atoms with E-state index in [4.69, 9.17) is 4.74 Å². The summed E-state index contributed by atoms with van der Waals surface area (Å²) in [6, 6.07) is 0. The van der Waals surface area contributed by atoms with Crippen molar-refractivity contribution >= 4 is 35.8 Å². The molecule has 0 radical (unpaired) electrons. The van der Waals surface area contributed by atoms with Gasteiger partial charge in [-0.1, -0.05) is 0 Å². The standard InChI is InChI=1S/C20H37N7O2.HI/c1-16-18(17(2)26(5)24-16)7-6-8-21-20(23-15-19(28)25(3)4)22-9-10-27-11-13-29-14-12-27;/h6-15H2,1-5H3,(H2,21,22,23);1H. The molecule has 1 saturated heterocycles. The average Bonchev–Trinajstić information content (AvgIpc) is 2.94. The number of aromatic nitrogens is 2. The SMILES string of the molecule is Cc1nn(C)c(C)c1CCCNC(=NCC(=O)N(C)C)NCCN1CCOCC1.I. The molecule has 10 heteroatoms. The van der Waals surface area contributed by atoms with E-state index >= 15 is 0 Å². The van der Waals surface area contributed by atoms with Gasteiger partial charge in [0.1, 0.15) is 6.54 Å². The largest absolute Gasteiger partial charge is 0.379 e. The van der Waals surface area contributed by atoms with Crippen LogP contribution in [0.2, 0.25) is 0 Å². The van der Waals surface area contributed by atoms with Crippen molar-refractivity contribution in [3.8, 4) is 0 Å². The van der Waals surface area contributed by atoms with Crippen LogP contribution in [0.15, 0.2) is 4.99 Å². The molecule has 0 aromatic carbocycles. The topological polar surface area (TPSA) is 87.0 Å². The van der Waals surface area contributed by atoms with Crippen molar-refractivity contribution in [3.05, 3.63) is 17.0 Å². The smallest absolute Gasteiger partial charge is 0.243 e. The minimum Gasteiger partial charge on any atom is -0.379 e. The molecule has 1 aromatic rings. The molecule has 2 heterocycles. The predicted octanol–water partition coefficient (Wildman–Crippen LogP) is 0.543. The lowest BCUT2D eigenvalue weighted by atomic mass is 10.1. The highest BCUT2D eigenvalue weighted by Gasteiger charge is 2.11. The van der Waals surface area contributed by atoms with E-state index in [1.54, 1.807) is 19.0 Å². The Morgan fingerprint density at radius 2 is 1.87 bits per heavy atom. The monoisotopic (exact) mass is 535 g/mol. The summed E-state index contributed by atoms with van der Waals surface area (Å²) in [5.74, 6) is 0.675. The maximum Gasteiger partial charge on any atom is 0.243 e. The van der Waals surface area contributed by atoms with Crippen molar-refractivity contribution in [2.24, 2.45) is 12.0 Å². The zero-order chi connectivity index (χ0) is 21.2. The Kier molecular flexibility index (Phi) is 12.3. The molecule has 1 fully saturated rings. The van der Waals surface area contributed by atoms with Crippen molar-refractivity contribution in [1.29, 1.82) is 0 Å². The van der Waals surface area contributed by atoms with E-state index < -0.39 is 0 Å². The normalized spacial score (nSPS) is 14.9. The molecule has 2 rings (SSSR count). The first-order valence-corrected chi connectivity index (χ1v) is 10.4. The number of amides is 1. The van der Waals surface area contributed by atoms with E-state index in [0.29, 0.717) is 5.96 Å². The van der Waals surface area contributed by atoms with Crippen LogP contribution in [0.3, 0.4) is 0 Å². The lowest BCUT2D eigenvalue weighted by Crippen LogP contribution is -2.45. The minimum absolute atomic E-state index is 0. The molecule has 0 saturated carbocycles. The van der Waals surface area contributed by atoms with Crippen LogP contribution in [0, 0.1) is 13.8 Å². The van der Waals surface area contributed by atoms with E-state index in [1.165, 1.54) is 11.3 Å². The lowest BCUT2D eigenvalue weighted by molar-refractivity contribution is -0.127. The molecule has 1 aromatic heterocycles. The molecule has 0 atom stereocenters. The molecule has 0 bridgehead atoms. The number of nitrogens with one attached hydrogen (secondary N) is 2. The van der Waals surface area contributed by atoms with E-state index in [2.05, 4.69) is 39.5 Å². The highest BCUT2D eigenvalue weighted by molar-refractivity contribution is 14.0. The quantitative estimate of drug-likeness (QED) is 0.208. The van der Waals surface area contributed by atoms with E-state index in [9.17, 15) is 4.79 Å². The van der Waals surface area contributed by atoms with Crippen molar-refractivity contribution in [2.75, 3.05) is 66.6 Å². The van der Waals surface area contributed by atoms with Crippen LogP contribution in [-0.2, 0) is 23.0 Å². The molecule has 9 nitrogen and oxygen atoms in total. The number of rotatable bonds is 9. The van der Waals surface area contributed by atoms with Crippen LogP contribution in [0.1, 0.15) is 23.4 Å². The number of halogens is 1. The third-order valence-corrected chi connectivity index (χ3v) is 5.25. The van der Waals surface area contributed by atoms with Crippen molar-refractivity contribution in [1.82, 2.24) is 30.2 Å². The zero-order valence-electron chi connectivity index (χ0n) is 19.0. The summed E-state index contributed by atoms with van der Waals surface area (Å²) in [7, 11) is 5.47. The second kappa shape index (κ2) is 13.8. The molecular weight excluding hydrogens is 497 g/mol. The molecule has 30 heavy (non-hydrogen) atoms. The second-order valence-electron chi connectivity index (χ2n) is 7.64. The molecule has 1 aliphatic rings. The number of aliphatic imine (C=N–C) groups is 1. The van der Waals surface area contributed by atoms with Crippen molar-refractivity contribution in [3.63, 3.8) is 0 Å². The van der Waals surface area contributed by atoms with E-state index in [1.807, 2.05) is 11.7 Å². The number of likely N-dealkylation sites (N-methyl/N-ethyl adjacent to an activating group) is 1. The van der Waals surface area contributed by atoms with Gasteiger partial charge >= 0.3 is 0 Å². The Bertz CT molecular complexity index is 685. The van der Waals surface area contributed by atoms with Crippen molar-refractivity contribution < 1.29 is 9.53 Å². The third-order valence-electron chi connectivity index (χ3n) is 5.25. The Balaban J connectivity index is 0.00000450. The van der Waals surface area contributed by atoms with Gasteiger partial charge in [-0.3, -0.25) is 14.4 Å². The summed E-state index contributed by atoms with van der Waals surface area (Å²) >= 11 is 0. The highest BCUT2D eigenvalue weighted by atomic mass is 127. The third kappa shape index (κ3) is 8.76. The zero-order valence-corrected chi connectivity index (χ0v) is 21.4. The average molecular weight is 535 g/mol. The van der Waals surface area contributed by atoms with Gasteiger partial charge in [0.15, 0.2) is 5.96 Å². The minimum atomic E-state index is -0.0131. The first kappa shape index (κ1) is 26.6. The van der Waals surface area contributed by atoms with Gasteiger partial charge in [-0.05, 0) is 32.3 Å². The summed E-state index contributed by atoms with van der Waals surface area (Å²) < 4.78 is 7.32. The highest BCUT2D eigenvalue weighted by Crippen LogP contribution is 2.13. The van der Waals surface area contributed by atoms with Crippen LogP contribution >= 0.6 is 24.0 Å². The molecular formula is C20H38IN7O2. The fourth-order valence-electron chi connectivity index (χ4n) is 3.27. The first-order chi connectivity index (χ1) is 13.9. The van der Waals surface area contributed by atoms with Gasteiger partial charge in [0.25, 0.3) is 0 Å². The summed E-state index contributed by atoms with van der Waals surface area (Å²) in [6.07, 6.45) is 1.94. The number of aryl methyl sites for hydroxylation is 2. The molecule has 0 aliphatic carbocycles. The number of carbonyl (C=O) groups is 1. The summed E-state index contributed by atoms with van der Waals surface area (Å²) in [5, 5.41) is 11.2. The van der Waals surface area contributed by atoms with E-state index in [0.717, 1.165) is 64.5 Å². The van der Waals surface area contributed by atoms with Crippen molar-refractivity contribution in [2.45, 2.75) is 26.7 Å². The lowest BCUT2D eigenvalue weighted by Gasteiger charge is -2.26.